The van der Waals surface area contributed by atoms with E-state index < -0.39 is 0 Å². The van der Waals surface area contributed by atoms with Gasteiger partial charge in [-0.1, -0.05) is 0 Å². The highest BCUT2D eigenvalue weighted by molar-refractivity contribution is 5.30. The zero-order chi connectivity index (χ0) is 12.8. The summed E-state index contributed by atoms with van der Waals surface area (Å²) < 4.78 is 11.2. The molecule has 1 fully saturated rings. The van der Waals surface area contributed by atoms with Gasteiger partial charge in [-0.3, -0.25) is 4.98 Å². The number of hydrogen-bond acceptors (Lipinski definition) is 4. The van der Waals surface area contributed by atoms with Gasteiger partial charge in [-0.15, -0.1) is 0 Å². The lowest BCUT2D eigenvalue weighted by molar-refractivity contribution is 0.0650. The van der Waals surface area contributed by atoms with Gasteiger partial charge in [0.1, 0.15) is 11.9 Å². The molecule has 1 aliphatic carbocycles. The molecule has 0 amide bonds. The molecule has 0 aromatic carbocycles. The van der Waals surface area contributed by atoms with Crippen LogP contribution in [-0.4, -0.2) is 30.3 Å². The summed E-state index contributed by atoms with van der Waals surface area (Å²) in [7, 11) is 0. The SMILES string of the molecule is CCOCC(C)Oc1cnccc1CNC1CC1. The third-order valence-corrected chi connectivity index (χ3v) is 2.91. The van der Waals surface area contributed by atoms with Crippen molar-refractivity contribution in [3.8, 4) is 5.75 Å². The molecule has 0 spiro atoms. The van der Waals surface area contributed by atoms with Crippen LogP contribution < -0.4 is 10.1 Å². The van der Waals surface area contributed by atoms with Crippen molar-refractivity contribution in [2.24, 2.45) is 0 Å². The first-order valence-electron chi connectivity index (χ1n) is 6.70. The Kier molecular flexibility index (Phi) is 4.96. The first kappa shape index (κ1) is 13.3. The molecule has 0 bridgehead atoms. The smallest absolute Gasteiger partial charge is 0.142 e. The van der Waals surface area contributed by atoms with Gasteiger partial charge in [0, 0.05) is 31.0 Å². The van der Waals surface area contributed by atoms with Crippen molar-refractivity contribution in [2.45, 2.75) is 45.4 Å². The molecule has 1 atom stereocenters. The second-order valence-corrected chi connectivity index (χ2v) is 4.73. The van der Waals surface area contributed by atoms with Crippen molar-refractivity contribution < 1.29 is 9.47 Å². The highest BCUT2D eigenvalue weighted by atomic mass is 16.5. The average molecular weight is 250 g/mol. The van der Waals surface area contributed by atoms with Crippen LogP contribution in [0.15, 0.2) is 18.5 Å². The molecule has 1 N–H and O–H groups in total. The van der Waals surface area contributed by atoms with Crippen molar-refractivity contribution in [3.05, 3.63) is 24.0 Å². The number of pyridine rings is 1. The molecule has 1 unspecified atom stereocenters. The Bertz CT molecular complexity index is 367. The van der Waals surface area contributed by atoms with Crippen molar-refractivity contribution in [2.75, 3.05) is 13.2 Å². The van der Waals surface area contributed by atoms with E-state index in [0.29, 0.717) is 12.6 Å². The number of aromatic nitrogens is 1. The molecular weight excluding hydrogens is 228 g/mol. The summed E-state index contributed by atoms with van der Waals surface area (Å²) >= 11 is 0. The highest BCUT2D eigenvalue weighted by Crippen LogP contribution is 2.22. The molecule has 2 rings (SSSR count). The molecule has 100 valence electrons. The normalized spacial score (nSPS) is 16.6. The summed E-state index contributed by atoms with van der Waals surface area (Å²) in [5, 5.41) is 3.49. The van der Waals surface area contributed by atoms with Crippen LogP contribution in [-0.2, 0) is 11.3 Å². The Hall–Kier alpha value is -1.13. The van der Waals surface area contributed by atoms with Crippen LogP contribution in [0.3, 0.4) is 0 Å². The van der Waals surface area contributed by atoms with Crippen LogP contribution in [0.2, 0.25) is 0 Å². The van der Waals surface area contributed by atoms with Gasteiger partial charge in [0.15, 0.2) is 0 Å². The Morgan fingerprint density at radius 3 is 3.06 bits per heavy atom. The van der Waals surface area contributed by atoms with Gasteiger partial charge in [0.2, 0.25) is 0 Å². The second-order valence-electron chi connectivity index (χ2n) is 4.73. The minimum Gasteiger partial charge on any atom is -0.486 e. The monoisotopic (exact) mass is 250 g/mol. The molecule has 4 nitrogen and oxygen atoms in total. The molecule has 1 aromatic heterocycles. The van der Waals surface area contributed by atoms with Crippen LogP contribution in [0, 0.1) is 0 Å². The van der Waals surface area contributed by atoms with Crippen LogP contribution in [0.25, 0.3) is 0 Å². The van der Waals surface area contributed by atoms with Crippen molar-refractivity contribution in [1.82, 2.24) is 10.3 Å². The standard InChI is InChI=1S/C14H22N2O2/c1-3-17-10-11(2)18-14-9-15-7-6-12(14)8-16-13-4-5-13/h6-7,9,11,13,16H,3-5,8,10H2,1-2H3. The zero-order valence-electron chi connectivity index (χ0n) is 11.2. The Morgan fingerprint density at radius 1 is 1.50 bits per heavy atom. The van der Waals surface area contributed by atoms with E-state index in [4.69, 9.17) is 9.47 Å². The number of rotatable bonds is 8. The average Bonchev–Trinajstić information content (AvgIpc) is 3.19. The van der Waals surface area contributed by atoms with Crippen molar-refractivity contribution in [1.29, 1.82) is 0 Å². The van der Waals surface area contributed by atoms with Gasteiger partial charge in [0.05, 0.1) is 12.8 Å². The molecule has 4 heteroatoms. The molecule has 1 saturated carbocycles. The fourth-order valence-corrected chi connectivity index (χ4v) is 1.74. The topological polar surface area (TPSA) is 43.4 Å². The van der Waals surface area contributed by atoms with Gasteiger partial charge in [-0.25, -0.2) is 0 Å². The van der Waals surface area contributed by atoms with Crippen LogP contribution in [0.4, 0.5) is 0 Å². The Morgan fingerprint density at radius 2 is 2.33 bits per heavy atom. The molecular formula is C14H22N2O2. The summed E-state index contributed by atoms with van der Waals surface area (Å²) in [6.45, 7) is 6.18. The van der Waals surface area contributed by atoms with Crippen molar-refractivity contribution in [3.63, 3.8) is 0 Å². The second kappa shape index (κ2) is 6.71. The fraction of sp³-hybridized carbons (Fsp3) is 0.643. The lowest BCUT2D eigenvalue weighted by Gasteiger charge is -2.17. The van der Waals surface area contributed by atoms with E-state index in [1.54, 1.807) is 6.20 Å². The van der Waals surface area contributed by atoms with E-state index in [1.165, 1.54) is 18.4 Å². The fourth-order valence-electron chi connectivity index (χ4n) is 1.74. The van der Waals surface area contributed by atoms with Gasteiger partial charge in [-0.2, -0.15) is 0 Å². The number of hydrogen-bond donors (Lipinski definition) is 1. The van der Waals surface area contributed by atoms with E-state index in [2.05, 4.69) is 10.3 Å². The maximum absolute atomic E-state index is 5.87. The highest BCUT2D eigenvalue weighted by Gasteiger charge is 2.20. The number of nitrogens with zero attached hydrogens (tertiary/aromatic N) is 1. The molecule has 1 aliphatic rings. The lowest BCUT2D eigenvalue weighted by atomic mass is 10.2. The first-order chi connectivity index (χ1) is 8.79. The number of nitrogens with one attached hydrogen (secondary N) is 1. The van der Waals surface area contributed by atoms with Crippen molar-refractivity contribution >= 4 is 0 Å². The van der Waals surface area contributed by atoms with Crippen LogP contribution in [0.5, 0.6) is 5.75 Å². The van der Waals surface area contributed by atoms with Gasteiger partial charge in [-0.05, 0) is 32.8 Å². The molecule has 1 heterocycles. The van der Waals surface area contributed by atoms with E-state index in [-0.39, 0.29) is 6.10 Å². The minimum absolute atomic E-state index is 0.0498. The zero-order valence-corrected chi connectivity index (χ0v) is 11.2. The van der Waals surface area contributed by atoms with Gasteiger partial charge in [0.25, 0.3) is 0 Å². The maximum Gasteiger partial charge on any atom is 0.142 e. The van der Waals surface area contributed by atoms with E-state index in [9.17, 15) is 0 Å². The summed E-state index contributed by atoms with van der Waals surface area (Å²) in [5.74, 6) is 0.859. The molecule has 0 aliphatic heterocycles. The largest absolute Gasteiger partial charge is 0.486 e. The Balaban J connectivity index is 1.88. The lowest BCUT2D eigenvalue weighted by Crippen LogP contribution is -2.21. The summed E-state index contributed by atoms with van der Waals surface area (Å²) in [6.07, 6.45) is 6.23. The summed E-state index contributed by atoms with van der Waals surface area (Å²) in [5.41, 5.74) is 1.17. The quantitative estimate of drug-likeness (QED) is 0.767. The van der Waals surface area contributed by atoms with Gasteiger partial charge >= 0.3 is 0 Å². The maximum atomic E-state index is 5.87. The summed E-state index contributed by atoms with van der Waals surface area (Å²) in [6, 6.07) is 2.71. The van der Waals surface area contributed by atoms with Crippen LogP contribution >= 0.6 is 0 Å². The van der Waals surface area contributed by atoms with Crippen LogP contribution in [0.1, 0.15) is 32.3 Å². The van der Waals surface area contributed by atoms with Gasteiger partial charge < -0.3 is 14.8 Å². The van der Waals surface area contributed by atoms with E-state index in [0.717, 1.165) is 18.9 Å². The Labute approximate surface area is 109 Å². The summed E-state index contributed by atoms with van der Waals surface area (Å²) in [4.78, 5) is 4.13. The number of ether oxygens (including phenoxy) is 2. The molecule has 0 saturated heterocycles. The third kappa shape index (κ3) is 4.27. The third-order valence-electron chi connectivity index (χ3n) is 2.91. The van der Waals surface area contributed by atoms with E-state index in [1.807, 2.05) is 26.1 Å². The minimum atomic E-state index is 0.0498. The molecule has 1 aromatic rings. The first-order valence-corrected chi connectivity index (χ1v) is 6.70. The predicted molar refractivity (Wildman–Crippen MR) is 70.7 cm³/mol. The molecule has 0 radical (unpaired) electrons. The predicted octanol–water partition coefficient (Wildman–Crippen LogP) is 2.14. The molecule has 18 heavy (non-hydrogen) atoms. The van der Waals surface area contributed by atoms with E-state index >= 15 is 0 Å².